The van der Waals surface area contributed by atoms with E-state index in [4.69, 9.17) is 0 Å². The molecule has 0 saturated heterocycles. The summed E-state index contributed by atoms with van der Waals surface area (Å²) in [5, 5.41) is 13.6. The zero-order chi connectivity index (χ0) is 18.0. The topological polar surface area (TPSA) is 99.3 Å². The van der Waals surface area contributed by atoms with Crippen molar-refractivity contribution in [1.29, 1.82) is 0 Å². The van der Waals surface area contributed by atoms with E-state index in [2.05, 4.69) is 10.3 Å². The number of carboxylic acid groups (broad SMARTS) is 1. The van der Waals surface area contributed by atoms with Gasteiger partial charge in [-0.1, -0.05) is 18.2 Å². The summed E-state index contributed by atoms with van der Waals surface area (Å²) < 4.78 is 23.2. The number of H-pyrrole nitrogens is 1. The van der Waals surface area contributed by atoms with Crippen LogP contribution in [0.4, 0.5) is 5.69 Å². The van der Waals surface area contributed by atoms with Crippen LogP contribution in [0.5, 0.6) is 0 Å². The molecular formula is C18H18N2O4S. The fourth-order valence-electron chi connectivity index (χ4n) is 2.76. The number of aromatic nitrogens is 1. The second kappa shape index (κ2) is 6.60. The Labute approximate surface area is 145 Å². The van der Waals surface area contributed by atoms with Crippen LogP contribution in [0.1, 0.15) is 15.9 Å². The van der Waals surface area contributed by atoms with Gasteiger partial charge in [-0.25, -0.2) is 13.2 Å². The summed E-state index contributed by atoms with van der Waals surface area (Å²) >= 11 is 0. The van der Waals surface area contributed by atoms with Gasteiger partial charge in [-0.2, -0.15) is 0 Å². The van der Waals surface area contributed by atoms with Crippen LogP contribution in [-0.4, -0.2) is 37.3 Å². The maximum absolute atomic E-state index is 11.6. The third-order valence-corrected chi connectivity index (χ3v) is 5.14. The molecule has 3 aromatic rings. The average Bonchev–Trinajstić information content (AvgIpc) is 2.97. The number of nitrogens with one attached hydrogen (secondary N) is 2. The molecule has 0 aliphatic carbocycles. The van der Waals surface area contributed by atoms with E-state index in [-0.39, 0.29) is 10.5 Å². The Balaban J connectivity index is 1.78. The van der Waals surface area contributed by atoms with Crippen molar-refractivity contribution >= 4 is 32.4 Å². The second-order valence-corrected chi connectivity index (χ2v) is 7.84. The number of fused-ring (bicyclic) bond motifs is 1. The number of anilines is 1. The summed E-state index contributed by atoms with van der Waals surface area (Å²) in [4.78, 5) is 14.6. The molecule has 0 saturated carbocycles. The molecule has 7 heteroatoms. The van der Waals surface area contributed by atoms with Gasteiger partial charge in [0.05, 0.1) is 10.5 Å². The quantitative estimate of drug-likeness (QED) is 0.629. The first-order valence-electron chi connectivity index (χ1n) is 7.72. The molecule has 130 valence electrons. The maximum Gasteiger partial charge on any atom is 0.337 e. The predicted molar refractivity (Wildman–Crippen MR) is 97.0 cm³/mol. The van der Waals surface area contributed by atoms with Gasteiger partial charge in [0.25, 0.3) is 0 Å². The van der Waals surface area contributed by atoms with Gasteiger partial charge in [0.1, 0.15) is 0 Å². The molecule has 1 heterocycles. The molecule has 0 fully saturated rings. The number of hydrogen-bond acceptors (Lipinski definition) is 4. The van der Waals surface area contributed by atoms with E-state index in [1.165, 1.54) is 18.2 Å². The van der Waals surface area contributed by atoms with E-state index >= 15 is 0 Å². The Morgan fingerprint density at radius 1 is 1.20 bits per heavy atom. The van der Waals surface area contributed by atoms with E-state index in [1.54, 1.807) is 0 Å². The van der Waals surface area contributed by atoms with Crippen LogP contribution in [-0.2, 0) is 16.3 Å². The molecule has 1 aromatic heterocycles. The lowest BCUT2D eigenvalue weighted by atomic mass is 10.1. The Morgan fingerprint density at radius 3 is 2.68 bits per heavy atom. The Bertz CT molecular complexity index is 1040. The number of rotatable bonds is 6. The summed E-state index contributed by atoms with van der Waals surface area (Å²) in [6, 6.07) is 12.1. The highest BCUT2D eigenvalue weighted by molar-refractivity contribution is 7.90. The van der Waals surface area contributed by atoms with Crippen molar-refractivity contribution in [3.05, 3.63) is 59.8 Å². The lowest BCUT2D eigenvalue weighted by Crippen LogP contribution is -2.10. The highest BCUT2D eigenvalue weighted by Crippen LogP contribution is 2.22. The Kier molecular flexibility index (Phi) is 4.50. The number of sulfone groups is 1. The lowest BCUT2D eigenvalue weighted by molar-refractivity contribution is 0.0697. The maximum atomic E-state index is 11.6. The first-order chi connectivity index (χ1) is 11.9. The van der Waals surface area contributed by atoms with Crippen molar-refractivity contribution in [2.24, 2.45) is 0 Å². The first kappa shape index (κ1) is 17.0. The smallest absolute Gasteiger partial charge is 0.337 e. The average molecular weight is 358 g/mol. The number of aromatic amines is 1. The first-order valence-corrected chi connectivity index (χ1v) is 9.61. The lowest BCUT2D eigenvalue weighted by Gasteiger charge is -2.11. The highest BCUT2D eigenvalue weighted by atomic mass is 32.2. The fraction of sp³-hybridized carbons (Fsp3) is 0.167. The van der Waals surface area contributed by atoms with Crippen LogP contribution in [0, 0.1) is 0 Å². The van der Waals surface area contributed by atoms with Gasteiger partial charge in [0, 0.05) is 35.6 Å². The standard InChI is InChI=1S/C18H18N2O4S/c1-25(23,24)13-6-7-17(15(10-13)18(21)22)19-9-8-12-11-20-16-5-3-2-4-14(12)16/h2-7,10-11,19-20H,8-9H2,1H3,(H,21,22). The molecule has 0 spiro atoms. The van der Waals surface area contributed by atoms with Crippen LogP contribution in [0.2, 0.25) is 0 Å². The molecule has 0 atom stereocenters. The fourth-order valence-corrected chi connectivity index (χ4v) is 3.40. The van der Waals surface area contributed by atoms with Crippen LogP contribution in [0.15, 0.2) is 53.6 Å². The summed E-state index contributed by atoms with van der Waals surface area (Å²) in [5.41, 5.74) is 2.54. The molecule has 3 rings (SSSR count). The van der Waals surface area contributed by atoms with Gasteiger partial charge >= 0.3 is 5.97 Å². The molecular weight excluding hydrogens is 340 g/mol. The van der Waals surface area contributed by atoms with Gasteiger partial charge in [-0.05, 0) is 36.2 Å². The summed E-state index contributed by atoms with van der Waals surface area (Å²) in [5.74, 6) is -1.17. The largest absolute Gasteiger partial charge is 0.478 e. The third kappa shape index (κ3) is 3.66. The molecule has 0 amide bonds. The van der Waals surface area contributed by atoms with Crippen LogP contribution in [0.3, 0.4) is 0 Å². The van der Waals surface area contributed by atoms with Crippen LogP contribution < -0.4 is 5.32 Å². The van der Waals surface area contributed by atoms with E-state index < -0.39 is 15.8 Å². The molecule has 0 bridgehead atoms. The minimum absolute atomic E-state index is 0.00733. The molecule has 0 radical (unpaired) electrons. The van der Waals surface area contributed by atoms with E-state index in [9.17, 15) is 18.3 Å². The van der Waals surface area contributed by atoms with Crippen molar-refractivity contribution in [1.82, 2.24) is 4.98 Å². The Hall–Kier alpha value is -2.80. The van der Waals surface area contributed by atoms with Crippen molar-refractivity contribution in [2.45, 2.75) is 11.3 Å². The predicted octanol–water partition coefficient (Wildman–Crippen LogP) is 2.92. The minimum atomic E-state index is -3.45. The highest BCUT2D eigenvalue weighted by Gasteiger charge is 2.15. The molecule has 2 aromatic carbocycles. The van der Waals surface area contributed by atoms with Crippen molar-refractivity contribution < 1.29 is 18.3 Å². The van der Waals surface area contributed by atoms with Gasteiger partial charge in [0.15, 0.2) is 9.84 Å². The number of aromatic carboxylic acids is 1. The number of hydrogen-bond donors (Lipinski definition) is 3. The number of carbonyl (C=O) groups is 1. The SMILES string of the molecule is CS(=O)(=O)c1ccc(NCCc2c[nH]c3ccccc23)c(C(=O)O)c1. The molecule has 25 heavy (non-hydrogen) atoms. The monoisotopic (exact) mass is 358 g/mol. The number of benzene rings is 2. The van der Waals surface area contributed by atoms with Crippen molar-refractivity contribution in [3.8, 4) is 0 Å². The molecule has 3 N–H and O–H groups in total. The summed E-state index contributed by atoms with van der Waals surface area (Å²) in [7, 11) is -3.45. The van der Waals surface area contributed by atoms with Gasteiger partial charge in [0.2, 0.25) is 0 Å². The number of carboxylic acids is 1. The van der Waals surface area contributed by atoms with E-state index in [1.807, 2.05) is 30.5 Å². The third-order valence-electron chi connectivity index (χ3n) is 4.03. The normalized spacial score (nSPS) is 11.6. The molecule has 0 aliphatic heterocycles. The molecule has 6 nitrogen and oxygen atoms in total. The van der Waals surface area contributed by atoms with Gasteiger partial charge in [-0.3, -0.25) is 0 Å². The van der Waals surface area contributed by atoms with E-state index in [0.717, 1.165) is 22.7 Å². The second-order valence-electron chi connectivity index (χ2n) is 5.82. The van der Waals surface area contributed by atoms with Crippen LogP contribution in [0.25, 0.3) is 10.9 Å². The van der Waals surface area contributed by atoms with Crippen LogP contribution >= 0.6 is 0 Å². The van der Waals surface area contributed by atoms with Gasteiger partial charge in [-0.15, -0.1) is 0 Å². The summed E-state index contributed by atoms with van der Waals surface area (Å²) in [6.07, 6.45) is 3.70. The summed E-state index contributed by atoms with van der Waals surface area (Å²) in [6.45, 7) is 0.528. The number of para-hydroxylation sites is 1. The molecule has 0 unspecified atom stereocenters. The Morgan fingerprint density at radius 2 is 1.96 bits per heavy atom. The van der Waals surface area contributed by atoms with Crippen molar-refractivity contribution in [2.75, 3.05) is 18.1 Å². The van der Waals surface area contributed by atoms with Gasteiger partial charge < -0.3 is 15.4 Å². The van der Waals surface area contributed by atoms with Crippen molar-refractivity contribution in [3.63, 3.8) is 0 Å². The zero-order valence-electron chi connectivity index (χ0n) is 13.6. The minimum Gasteiger partial charge on any atom is -0.478 e. The molecule has 0 aliphatic rings. The zero-order valence-corrected chi connectivity index (χ0v) is 14.4. The van der Waals surface area contributed by atoms with E-state index in [0.29, 0.717) is 18.7 Å².